The van der Waals surface area contributed by atoms with E-state index in [0.717, 1.165) is 15.9 Å². The lowest BCUT2D eigenvalue weighted by Crippen LogP contribution is -2.13. The van der Waals surface area contributed by atoms with E-state index in [-0.39, 0.29) is 5.91 Å². The Bertz CT molecular complexity index is 698. The van der Waals surface area contributed by atoms with Crippen LogP contribution in [0.2, 0.25) is 0 Å². The number of hydrogen-bond donors (Lipinski definition) is 1. The lowest BCUT2D eigenvalue weighted by molar-refractivity contribution is -0.116. The maximum atomic E-state index is 12.0. The standard InChI is InChI=1S/C19H22BrNO2/c1-13-6-9-18(17(20)11-13)23-10-4-5-19(22)21-16-8-7-14(2)15(3)12-16/h6-9,11-12H,4-5,10H2,1-3H3,(H,21,22). The van der Waals surface area contributed by atoms with Gasteiger partial charge in [-0.25, -0.2) is 0 Å². The van der Waals surface area contributed by atoms with Crippen molar-refractivity contribution in [3.63, 3.8) is 0 Å². The Hall–Kier alpha value is -1.81. The van der Waals surface area contributed by atoms with Crippen molar-refractivity contribution in [2.75, 3.05) is 11.9 Å². The number of benzene rings is 2. The van der Waals surface area contributed by atoms with Crippen molar-refractivity contribution < 1.29 is 9.53 Å². The number of carbonyl (C=O) groups is 1. The van der Waals surface area contributed by atoms with E-state index in [2.05, 4.69) is 28.2 Å². The molecule has 0 unspecified atom stereocenters. The Kier molecular flexibility index (Phi) is 6.22. The third kappa shape index (κ3) is 5.39. The molecule has 0 aromatic heterocycles. The van der Waals surface area contributed by atoms with E-state index in [0.29, 0.717) is 19.4 Å². The van der Waals surface area contributed by atoms with Crippen LogP contribution in [0.5, 0.6) is 5.75 Å². The maximum Gasteiger partial charge on any atom is 0.224 e. The summed E-state index contributed by atoms with van der Waals surface area (Å²) in [6.45, 7) is 6.65. The van der Waals surface area contributed by atoms with Crippen LogP contribution in [-0.4, -0.2) is 12.5 Å². The summed E-state index contributed by atoms with van der Waals surface area (Å²) in [7, 11) is 0. The molecule has 0 aliphatic rings. The van der Waals surface area contributed by atoms with Crippen LogP contribution in [0, 0.1) is 20.8 Å². The molecule has 0 heterocycles. The normalized spacial score (nSPS) is 10.4. The van der Waals surface area contributed by atoms with Crippen LogP contribution < -0.4 is 10.1 Å². The van der Waals surface area contributed by atoms with Crippen molar-refractivity contribution in [2.45, 2.75) is 33.6 Å². The molecular weight excluding hydrogens is 354 g/mol. The van der Waals surface area contributed by atoms with Gasteiger partial charge in [0.1, 0.15) is 5.75 Å². The minimum absolute atomic E-state index is 0.0137. The second-order valence-corrected chi connectivity index (χ2v) is 6.59. The summed E-state index contributed by atoms with van der Waals surface area (Å²) >= 11 is 3.48. The molecule has 0 saturated heterocycles. The quantitative estimate of drug-likeness (QED) is 0.707. The van der Waals surface area contributed by atoms with Crippen LogP contribution in [0.3, 0.4) is 0 Å². The predicted octanol–water partition coefficient (Wildman–Crippen LogP) is 5.17. The van der Waals surface area contributed by atoms with E-state index in [1.165, 1.54) is 16.7 Å². The first-order valence-electron chi connectivity index (χ1n) is 7.72. The van der Waals surface area contributed by atoms with E-state index in [4.69, 9.17) is 4.74 Å². The number of ether oxygens (including phenoxy) is 1. The molecular formula is C19H22BrNO2. The van der Waals surface area contributed by atoms with Gasteiger partial charge in [0.2, 0.25) is 5.91 Å². The van der Waals surface area contributed by atoms with Gasteiger partial charge in [-0.2, -0.15) is 0 Å². The van der Waals surface area contributed by atoms with Crippen LogP contribution in [0.1, 0.15) is 29.5 Å². The number of rotatable bonds is 6. The van der Waals surface area contributed by atoms with Gasteiger partial charge < -0.3 is 10.1 Å². The van der Waals surface area contributed by atoms with Crippen molar-refractivity contribution in [3.05, 3.63) is 57.6 Å². The summed E-state index contributed by atoms with van der Waals surface area (Å²) in [4.78, 5) is 12.0. The van der Waals surface area contributed by atoms with Crippen molar-refractivity contribution in [1.29, 1.82) is 0 Å². The van der Waals surface area contributed by atoms with Crippen LogP contribution in [-0.2, 0) is 4.79 Å². The van der Waals surface area contributed by atoms with Gasteiger partial charge in [-0.1, -0.05) is 12.1 Å². The first-order valence-corrected chi connectivity index (χ1v) is 8.51. The summed E-state index contributed by atoms with van der Waals surface area (Å²) in [6.07, 6.45) is 1.12. The molecule has 0 spiro atoms. The molecule has 122 valence electrons. The molecule has 1 amide bonds. The Morgan fingerprint density at radius 2 is 1.87 bits per heavy atom. The molecule has 0 bridgehead atoms. The smallest absolute Gasteiger partial charge is 0.224 e. The van der Waals surface area contributed by atoms with Crippen LogP contribution in [0.25, 0.3) is 0 Å². The van der Waals surface area contributed by atoms with Crippen LogP contribution >= 0.6 is 15.9 Å². The van der Waals surface area contributed by atoms with Gasteiger partial charge in [0.05, 0.1) is 11.1 Å². The van der Waals surface area contributed by atoms with E-state index < -0.39 is 0 Å². The second kappa shape index (κ2) is 8.16. The van der Waals surface area contributed by atoms with Gasteiger partial charge in [-0.05, 0) is 84.1 Å². The monoisotopic (exact) mass is 375 g/mol. The third-order valence-corrected chi connectivity index (χ3v) is 4.30. The lowest BCUT2D eigenvalue weighted by atomic mass is 10.1. The summed E-state index contributed by atoms with van der Waals surface area (Å²) in [5, 5.41) is 2.92. The van der Waals surface area contributed by atoms with Crippen molar-refractivity contribution in [3.8, 4) is 5.75 Å². The number of nitrogens with one attached hydrogen (secondary N) is 1. The SMILES string of the molecule is Cc1ccc(OCCCC(=O)Nc2ccc(C)c(C)c2)c(Br)c1. The summed E-state index contributed by atoms with van der Waals surface area (Å²) in [5.74, 6) is 0.824. The number of anilines is 1. The molecule has 2 rings (SSSR count). The zero-order valence-corrected chi connectivity index (χ0v) is 15.4. The highest BCUT2D eigenvalue weighted by Crippen LogP contribution is 2.25. The summed E-state index contributed by atoms with van der Waals surface area (Å²) in [5.41, 5.74) is 4.42. The first-order chi connectivity index (χ1) is 11.0. The zero-order chi connectivity index (χ0) is 16.8. The number of carbonyl (C=O) groups excluding carboxylic acids is 1. The average molecular weight is 376 g/mol. The fraction of sp³-hybridized carbons (Fsp3) is 0.316. The van der Waals surface area contributed by atoms with Gasteiger partial charge in [-0.15, -0.1) is 0 Å². The minimum Gasteiger partial charge on any atom is -0.492 e. The summed E-state index contributed by atoms with van der Waals surface area (Å²) in [6, 6.07) is 11.9. The second-order valence-electron chi connectivity index (χ2n) is 5.73. The molecule has 0 radical (unpaired) electrons. The molecule has 23 heavy (non-hydrogen) atoms. The van der Waals surface area contributed by atoms with E-state index in [1.54, 1.807) is 0 Å². The highest BCUT2D eigenvalue weighted by Gasteiger charge is 2.05. The fourth-order valence-corrected chi connectivity index (χ4v) is 2.79. The number of hydrogen-bond acceptors (Lipinski definition) is 2. The number of halogens is 1. The highest BCUT2D eigenvalue weighted by atomic mass is 79.9. The molecule has 1 N–H and O–H groups in total. The molecule has 0 aliphatic carbocycles. The number of amides is 1. The Labute approximate surface area is 146 Å². The predicted molar refractivity (Wildman–Crippen MR) is 98.2 cm³/mol. The first kappa shape index (κ1) is 17.5. The Morgan fingerprint density at radius 3 is 2.57 bits per heavy atom. The maximum absolute atomic E-state index is 12.0. The Balaban J connectivity index is 1.75. The third-order valence-electron chi connectivity index (χ3n) is 3.68. The fourth-order valence-electron chi connectivity index (χ4n) is 2.18. The van der Waals surface area contributed by atoms with Crippen LogP contribution in [0.4, 0.5) is 5.69 Å². The topological polar surface area (TPSA) is 38.3 Å². The van der Waals surface area contributed by atoms with E-state index >= 15 is 0 Å². The highest BCUT2D eigenvalue weighted by molar-refractivity contribution is 9.10. The Morgan fingerprint density at radius 1 is 1.09 bits per heavy atom. The molecule has 0 fully saturated rings. The molecule has 0 saturated carbocycles. The van der Waals surface area contributed by atoms with E-state index in [1.807, 2.05) is 50.2 Å². The van der Waals surface area contributed by atoms with Crippen molar-refractivity contribution in [1.82, 2.24) is 0 Å². The molecule has 0 aliphatic heterocycles. The zero-order valence-electron chi connectivity index (χ0n) is 13.8. The molecule has 3 nitrogen and oxygen atoms in total. The number of aryl methyl sites for hydroxylation is 3. The van der Waals surface area contributed by atoms with Gasteiger partial charge >= 0.3 is 0 Å². The molecule has 0 atom stereocenters. The molecule has 4 heteroatoms. The summed E-state index contributed by atoms with van der Waals surface area (Å²) < 4.78 is 6.64. The van der Waals surface area contributed by atoms with Gasteiger partial charge in [0.25, 0.3) is 0 Å². The van der Waals surface area contributed by atoms with E-state index in [9.17, 15) is 4.79 Å². The minimum atomic E-state index is 0.0137. The van der Waals surface area contributed by atoms with Gasteiger partial charge in [0, 0.05) is 12.1 Å². The largest absolute Gasteiger partial charge is 0.492 e. The lowest BCUT2D eigenvalue weighted by Gasteiger charge is -2.10. The molecule has 2 aromatic rings. The van der Waals surface area contributed by atoms with Crippen molar-refractivity contribution in [2.24, 2.45) is 0 Å². The van der Waals surface area contributed by atoms with Gasteiger partial charge in [-0.3, -0.25) is 4.79 Å². The van der Waals surface area contributed by atoms with Crippen LogP contribution in [0.15, 0.2) is 40.9 Å². The van der Waals surface area contributed by atoms with Crippen molar-refractivity contribution >= 4 is 27.5 Å². The van der Waals surface area contributed by atoms with Gasteiger partial charge in [0.15, 0.2) is 0 Å². The average Bonchev–Trinajstić information content (AvgIpc) is 2.49. The molecule has 2 aromatic carbocycles.